The predicted octanol–water partition coefficient (Wildman–Crippen LogP) is 5.93. The van der Waals surface area contributed by atoms with E-state index in [0.717, 1.165) is 27.4 Å². The Labute approximate surface area is 198 Å². The van der Waals surface area contributed by atoms with E-state index in [0.29, 0.717) is 16.0 Å². The van der Waals surface area contributed by atoms with E-state index in [9.17, 15) is 18.0 Å². The lowest BCUT2D eigenvalue weighted by atomic mass is 10.1. The van der Waals surface area contributed by atoms with Crippen LogP contribution in [0.4, 0.5) is 13.2 Å². The van der Waals surface area contributed by atoms with Gasteiger partial charge >= 0.3 is 6.18 Å². The van der Waals surface area contributed by atoms with E-state index in [2.05, 4.69) is 36.5 Å². The van der Waals surface area contributed by atoms with E-state index >= 15 is 0 Å². The number of alkyl halides is 3. The van der Waals surface area contributed by atoms with E-state index in [1.54, 1.807) is 37.3 Å². The first-order valence-corrected chi connectivity index (χ1v) is 11.2. The Kier molecular flexibility index (Phi) is 6.43. The maximum atomic E-state index is 13.6. The Hall–Kier alpha value is -3.31. The maximum Gasteiger partial charge on any atom is 0.433 e. The number of halogens is 4. The van der Waals surface area contributed by atoms with Gasteiger partial charge in [0.25, 0.3) is 5.91 Å². The number of nitrogens with one attached hydrogen (secondary N) is 1. The summed E-state index contributed by atoms with van der Waals surface area (Å²) in [5.41, 5.74) is 3.39. The zero-order valence-corrected chi connectivity index (χ0v) is 19.4. The van der Waals surface area contributed by atoms with Crippen LogP contribution in [0, 0.1) is 0 Å². The van der Waals surface area contributed by atoms with E-state index in [1.807, 2.05) is 24.3 Å². The van der Waals surface area contributed by atoms with Gasteiger partial charge in [-0.25, -0.2) is 15.1 Å². The summed E-state index contributed by atoms with van der Waals surface area (Å²) in [7, 11) is 0. The molecule has 0 spiro atoms. The summed E-state index contributed by atoms with van der Waals surface area (Å²) in [4.78, 5) is 16.5. The smallest absolute Gasteiger partial charge is 0.266 e. The fraction of sp³-hybridized carbons (Fsp3) is 0.0909. The number of hydrogen-bond donors (Lipinski definition) is 1. The molecule has 2 aromatic carbocycles. The molecule has 2 heterocycles. The van der Waals surface area contributed by atoms with Crippen molar-refractivity contribution in [3.05, 3.63) is 87.5 Å². The molecule has 0 fully saturated rings. The van der Waals surface area contributed by atoms with E-state index < -0.39 is 17.8 Å². The van der Waals surface area contributed by atoms with Gasteiger partial charge in [0, 0.05) is 15.4 Å². The number of hydrogen-bond acceptors (Lipinski definition) is 5. The summed E-state index contributed by atoms with van der Waals surface area (Å²) in [5, 5.41) is 9.42. The van der Waals surface area contributed by atoms with Crippen LogP contribution in [0.25, 0.3) is 16.4 Å². The van der Waals surface area contributed by atoms with Gasteiger partial charge in [-0.3, -0.25) is 4.79 Å². The van der Waals surface area contributed by atoms with Crippen LogP contribution in [0.3, 0.4) is 0 Å². The molecule has 0 unspecified atom stereocenters. The quantitative estimate of drug-likeness (QED) is 0.255. The van der Waals surface area contributed by atoms with Gasteiger partial charge in [-0.15, -0.1) is 11.3 Å². The van der Waals surface area contributed by atoms with Crippen molar-refractivity contribution in [3.8, 4) is 16.4 Å². The van der Waals surface area contributed by atoms with Crippen molar-refractivity contribution in [3.63, 3.8) is 0 Å². The molecule has 0 saturated carbocycles. The molecule has 2 aromatic heterocycles. The monoisotopic (exact) mass is 533 g/mol. The van der Waals surface area contributed by atoms with Gasteiger partial charge < -0.3 is 0 Å². The number of carbonyl (C=O) groups is 1. The van der Waals surface area contributed by atoms with Crippen LogP contribution in [-0.4, -0.2) is 26.4 Å². The maximum absolute atomic E-state index is 13.6. The second kappa shape index (κ2) is 9.28. The molecule has 1 amide bonds. The molecule has 4 rings (SSSR count). The molecule has 1 N–H and O–H groups in total. The predicted molar refractivity (Wildman–Crippen MR) is 123 cm³/mol. The Bertz CT molecular complexity index is 1310. The normalized spacial score (nSPS) is 12.1. The molecule has 11 heteroatoms. The second-order valence-corrected chi connectivity index (χ2v) is 8.60. The molecule has 0 radical (unpaired) electrons. The summed E-state index contributed by atoms with van der Waals surface area (Å²) >= 11 is 4.22. The lowest BCUT2D eigenvalue weighted by Gasteiger charge is -2.07. The van der Waals surface area contributed by atoms with Gasteiger partial charge in [-0.05, 0) is 30.7 Å². The van der Waals surface area contributed by atoms with Crippen molar-refractivity contribution in [2.75, 3.05) is 0 Å². The van der Waals surface area contributed by atoms with Crippen LogP contribution >= 0.6 is 27.3 Å². The number of carbonyl (C=O) groups excluding carboxylic acids is 1. The van der Waals surface area contributed by atoms with Crippen LogP contribution in [0.1, 0.15) is 28.7 Å². The first-order chi connectivity index (χ1) is 15.7. The van der Waals surface area contributed by atoms with Crippen molar-refractivity contribution in [1.29, 1.82) is 0 Å². The van der Waals surface area contributed by atoms with Crippen molar-refractivity contribution >= 4 is 38.9 Å². The molecule has 0 aliphatic carbocycles. The van der Waals surface area contributed by atoms with E-state index in [-0.39, 0.29) is 16.5 Å². The number of rotatable bonds is 5. The lowest BCUT2D eigenvalue weighted by molar-refractivity contribution is -0.142. The number of benzene rings is 2. The van der Waals surface area contributed by atoms with Crippen molar-refractivity contribution in [2.45, 2.75) is 13.1 Å². The zero-order valence-electron chi connectivity index (χ0n) is 17.0. The Morgan fingerprint density at radius 3 is 2.48 bits per heavy atom. The average molecular weight is 534 g/mol. The Balaban J connectivity index is 1.59. The first kappa shape index (κ1) is 22.9. The lowest BCUT2D eigenvalue weighted by Crippen LogP contribution is -2.20. The molecule has 0 aliphatic heterocycles. The van der Waals surface area contributed by atoms with Crippen molar-refractivity contribution in [2.24, 2.45) is 5.10 Å². The molecule has 168 valence electrons. The standard InChI is InChI=1S/C22H15BrF3N5OS/c1-13(14-7-9-16(23)10-8-14)28-29-20(32)18-12-33-21(27-18)31-19(22(24,25)26)11-17(30-31)15-5-3-2-4-6-15/h2-12H,1H3,(H,29,32). The highest BCUT2D eigenvalue weighted by molar-refractivity contribution is 9.10. The molecule has 0 atom stereocenters. The van der Waals surface area contributed by atoms with Gasteiger partial charge in [0.05, 0.1) is 11.4 Å². The van der Waals surface area contributed by atoms with Gasteiger partial charge in [-0.2, -0.15) is 23.4 Å². The molecule has 0 aliphatic rings. The number of thiazole rings is 1. The summed E-state index contributed by atoms with van der Waals surface area (Å²) in [5.74, 6) is -0.641. The van der Waals surface area contributed by atoms with Crippen molar-refractivity contribution < 1.29 is 18.0 Å². The van der Waals surface area contributed by atoms with Gasteiger partial charge in [0.1, 0.15) is 5.69 Å². The molecule has 6 nitrogen and oxygen atoms in total. The molecule has 33 heavy (non-hydrogen) atoms. The second-order valence-electron chi connectivity index (χ2n) is 6.85. The third kappa shape index (κ3) is 5.20. The third-order valence-corrected chi connectivity index (χ3v) is 5.91. The van der Waals surface area contributed by atoms with E-state index in [1.165, 1.54) is 5.38 Å². The largest absolute Gasteiger partial charge is 0.433 e. The highest BCUT2D eigenvalue weighted by atomic mass is 79.9. The number of hydrazone groups is 1. The minimum absolute atomic E-state index is 0.0627. The van der Waals surface area contributed by atoms with Gasteiger partial charge in [0.15, 0.2) is 5.69 Å². The highest BCUT2D eigenvalue weighted by Crippen LogP contribution is 2.34. The molecular weight excluding hydrogens is 519 g/mol. The highest BCUT2D eigenvalue weighted by Gasteiger charge is 2.37. The first-order valence-electron chi connectivity index (χ1n) is 9.51. The fourth-order valence-corrected chi connectivity index (χ4v) is 3.92. The summed E-state index contributed by atoms with van der Waals surface area (Å²) in [6.07, 6.45) is -4.65. The van der Waals surface area contributed by atoms with Gasteiger partial charge in [-0.1, -0.05) is 58.4 Å². The van der Waals surface area contributed by atoms with Crippen LogP contribution < -0.4 is 5.43 Å². The molecule has 4 aromatic rings. The minimum atomic E-state index is -4.65. The van der Waals surface area contributed by atoms with Gasteiger partial charge in [0.2, 0.25) is 5.13 Å². The molecular formula is C22H15BrF3N5OS. The van der Waals surface area contributed by atoms with Crippen molar-refractivity contribution in [1.82, 2.24) is 20.2 Å². The molecule has 0 saturated heterocycles. The van der Waals surface area contributed by atoms with Crippen LogP contribution in [-0.2, 0) is 6.18 Å². The van der Waals surface area contributed by atoms with E-state index in [4.69, 9.17) is 0 Å². The topological polar surface area (TPSA) is 72.2 Å². The Morgan fingerprint density at radius 2 is 1.82 bits per heavy atom. The number of aromatic nitrogens is 3. The minimum Gasteiger partial charge on any atom is -0.266 e. The third-order valence-electron chi connectivity index (χ3n) is 4.56. The van der Waals surface area contributed by atoms with Crippen LogP contribution in [0.15, 0.2) is 75.6 Å². The summed E-state index contributed by atoms with van der Waals surface area (Å²) < 4.78 is 42.5. The SMILES string of the molecule is CC(=NNC(=O)c1csc(-n2nc(-c3ccccc3)cc2C(F)(F)F)n1)c1ccc(Br)cc1. The summed E-state index contributed by atoms with van der Waals surface area (Å²) in [6.45, 7) is 1.72. The Morgan fingerprint density at radius 1 is 1.12 bits per heavy atom. The van der Waals surface area contributed by atoms with Crippen LogP contribution in [0.2, 0.25) is 0 Å². The molecule has 0 bridgehead atoms. The zero-order chi connectivity index (χ0) is 23.6. The fourth-order valence-electron chi connectivity index (χ4n) is 2.89. The van der Waals surface area contributed by atoms with Crippen LogP contribution in [0.5, 0.6) is 0 Å². The summed E-state index contributed by atoms with van der Waals surface area (Å²) in [6, 6.07) is 16.8. The number of amides is 1. The number of nitrogens with zero attached hydrogens (tertiary/aromatic N) is 4. The average Bonchev–Trinajstić information content (AvgIpc) is 3.46.